The Hall–Kier alpha value is -2.33. The summed E-state index contributed by atoms with van der Waals surface area (Å²) in [6.45, 7) is 3.39. The van der Waals surface area contributed by atoms with E-state index in [0.717, 1.165) is 43.2 Å². The number of amides is 1. The van der Waals surface area contributed by atoms with E-state index in [-0.39, 0.29) is 5.91 Å². The minimum Gasteiger partial charge on any atom is -0.457 e. The van der Waals surface area contributed by atoms with Crippen LogP contribution in [0.2, 0.25) is 0 Å². The number of hydrogen-bond acceptors (Lipinski definition) is 3. The Morgan fingerprint density at radius 2 is 1.70 bits per heavy atom. The van der Waals surface area contributed by atoms with E-state index in [9.17, 15) is 4.79 Å². The molecule has 1 aliphatic rings. The fourth-order valence-corrected chi connectivity index (χ4v) is 2.74. The lowest BCUT2D eigenvalue weighted by Crippen LogP contribution is -2.46. The molecule has 0 unspecified atom stereocenters. The lowest BCUT2D eigenvalue weighted by molar-refractivity contribution is -0.131. The predicted octanol–water partition coefficient (Wildman–Crippen LogP) is 2.84. The van der Waals surface area contributed by atoms with Gasteiger partial charge in [-0.25, -0.2) is 0 Å². The van der Waals surface area contributed by atoms with Crippen LogP contribution in [-0.4, -0.2) is 37.0 Å². The second-order valence-corrected chi connectivity index (χ2v) is 5.65. The van der Waals surface area contributed by atoms with Crippen molar-refractivity contribution in [2.24, 2.45) is 0 Å². The summed E-state index contributed by atoms with van der Waals surface area (Å²) < 4.78 is 5.95. The van der Waals surface area contributed by atoms with Crippen molar-refractivity contribution in [2.75, 3.05) is 26.2 Å². The van der Waals surface area contributed by atoms with Gasteiger partial charge in [-0.2, -0.15) is 0 Å². The van der Waals surface area contributed by atoms with Crippen LogP contribution >= 0.6 is 0 Å². The van der Waals surface area contributed by atoms with Gasteiger partial charge in [0.2, 0.25) is 5.91 Å². The Balaban J connectivity index is 1.62. The van der Waals surface area contributed by atoms with Gasteiger partial charge in [-0.1, -0.05) is 36.4 Å². The first kappa shape index (κ1) is 15.6. The molecule has 1 N–H and O–H groups in total. The molecule has 0 atom stereocenters. The topological polar surface area (TPSA) is 41.6 Å². The number of carbonyl (C=O) groups is 1. The Bertz CT molecular complexity index is 637. The maximum absolute atomic E-state index is 12.3. The van der Waals surface area contributed by atoms with E-state index in [1.807, 2.05) is 59.5 Å². The number of para-hydroxylation sites is 2. The second-order valence-electron chi connectivity index (χ2n) is 5.65. The van der Waals surface area contributed by atoms with E-state index in [0.29, 0.717) is 12.8 Å². The van der Waals surface area contributed by atoms with Gasteiger partial charge in [0.15, 0.2) is 0 Å². The van der Waals surface area contributed by atoms with Gasteiger partial charge in [0.05, 0.1) is 0 Å². The van der Waals surface area contributed by atoms with Crippen LogP contribution in [0.1, 0.15) is 12.0 Å². The molecule has 0 aliphatic carbocycles. The highest BCUT2D eigenvalue weighted by atomic mass is 16.5. The Labute approximate surface area is 137 Å². The van der Waals surface area contributed by atoms with Crippen LogP contribution < -0.4 is 10.1 Å². The third-order valence-electron chi connectivity index (χ3n) is 4.02. The molecule has 0 radical (unpaired) electrons. The molecule has 4 nitrogen and oxygen atoms in total. The van der Waals surface area contributed by atoms with E-state index in [2.05, 4.69) is 5.32 Å². The van der Waals surface area contributed by atoms with Gasteiger partial charge in [0, 0.05) is 32.6 Å². The quantitative estimate of drug-likeness (QED) is 0.923. The fraction of sp³-hybridized carbons (Fsp3) is 0.316. The first-order valence-corrected chi connectivity index (χ1v) is 8.12. The van der Waals surface area contributed by atoms with Gasteiger partial charge in [-0.05, 0) is 30.2 Å². The van der Waals surface area contributed by atoms with Crippen LogP contribution in [0.3, 0.4) is 0 Å². The second kappa shape index (κ2) is 7.79. The molecule has 0 bridgehead atoms. The SMILES string of the molecule is O=C(CCc1ccccc1Oc1ccccc1)N1CCNCC1. The van der Waals surface area contributed by atoms with Gasteiger partial charge in [-0.15, -0.1) is 0 Å². The summed E-state index contributed by atoms with van der Waals surface area (Å²) in [5, 5.41) is 3.27. The molecule has 120 valence electrons. The monoisotopic (exact) mass is 310 g/mol. The first-order chi connectivity index (χ1) is 11.3. The molecule has 0 saturated carbocycles. The number of hydrogen-bond donors (Lipinski definition) is 1. The van der Waals surface area contributed by atoms with Crippen LogP contribution in [0, 0.1) is 0 Å². The van der Waals surface area contributed by atoms with Gasteiger partial charge in [0.1, 0.15) is 11.5 Å². The van der Waals surface area contributed by atoms with E-state index < -0.39 is 0 Å². The molecule has 1 fully saturated rings. The summed E-state index contributed by atoms with van der Waals surface area (Å²) in [6, 6.07) is 17.7. The van der Waals surface area contributed by atoms with Gasteiger partial charge >= 0.3 is 0 Å². The van der Waals surface area contributed by atoms with Crippen LogP contribution in [0.15, 0.2) is 54.6 Å². The van der Waals surface area contributed by atoms with Crippen molar-refractivity contribution >= 4 is 5.91 Å². The summed E-state index contributed by atoms with van der Waals surface area (Å²) >= 11 is 0. The highest BCUT2D eigenvalue weighted by molar-refractivity contribution is 5.76. The van der Waals surface area contributed by atoms with E-state index in [1.54, 1.807) is 0 Å². The van der Waals surface area contributed by atoms with Gasteiger partial charge < -0.3 is 15.0 Å². The fourth-order valence-electron chi connectivity index (χ4n) is 2.74. The van der Waals surface area contributed by atoms with E-state index >= 15 is 0 Å². The number of nitrogens with one attached hydrogen (secondary N) is 1. The molecule has 0 aromatic heterocycles. The molecule has 1 amide bonds. The molecule has 4 heteroatoms. The molecule has 1 saturated heterocycles. The molecule has 2 aromatic carbocycles. The lowest BCUT2D eigenvalue weighted by atomic mass is 10.1. The van der Waals surface area contributed by atoms with Gasteiger partial charge in [0.25, 0.3) is 0 Å². The van der Waals surface area contributed by atoms with E-state index in [4.69, 9.17) is 4.74 Å². The van der Waals surface area contributed by atoms with Crippen molar-refractivity contribution in [3.8, 4) is 11.5 Å². The average molecular weight is 310 g/mol. The zero-order valence-corrected chi connectivity index (χ0v) is 13.2. The number of ether oxygens (including phenoxy) is 1. The summed E-state index contributed by atoms with van der Waals surface area (Å²) in [4.78, 5) is 14.2. The van der Waals surface area contributed by atoms with Crippen molar-refractivity contribution in [2.45, 2.75) is 12.8 Å². The maximum Gasteiger partial charge on any atom is 0.222 e. The number of aryl methyl sites for hydroxylation is 1. The van der Waals surface area contributed by atoms with Crippen LogP contribution in [0.25, 0.3) is 0 Å². The Morgan fingerprint density at radius 1 is 1.00 bits per heavy atom. The van der Waals surface area contributed by atoms with Crippen LogP contribution in [0.4, 0.5) is 0 Å². The molecule has 23 heavy (non-hydrogen) atoms. The van der Waals surface area contributed by atoms with Crippen LogP contribution in [0.5, 0.6) is 11.5 Å². The number of nitrogens with zero attached hydrogens (tertiary/aromatic N) is 1. The first-order valence-electron chi connectivity index (χ1n) is 8.12. The summed E-state index contributed by atoms with van der Waals surface area (Å²) in [5.74, 6) is 1.86. The third kappa shape index (κ3) is 4.33. The minimum atomic E-state index is 0.223. The number of piperazine rings is 1. The van der Waals surface area contributed by atoms with Crippen molar-refractivity contribution in [1.29, 1.82) is 0 Å². The Morgan fingerprint density at radius 3 is 2.48 bits per heavy atom. The normalized spacial score (nSPS) is 14.5. The maximum atomic E-state index is 12.3. The minimum absolute atomic E-state index is 0.223. The predicted molar refractivity (Wildman–Crippen MR) is 90.7 cm³/mol. The number of benzene rings is 2. The van der Waals surface area contributed by atoms with Crippen molar-refractivity contribution in [3.05, 3.63) is 60.2 Å². The summed E-state index contributed by atoms with van der Waals surface area (Å²) in [5.41, 5.74) is 1.07. The molecule has 1 aliphatic heterocycles. The zero-order valence-electron chi connectivity index (χ0n) is 13.2. The molecular formula is C19H22N2O2. The average Bonchev–Trinajstić information content (AvgIpc) is 2.62. The molecule has 1 heterocycles. The van der Waals surface area contributed by atoms with E-state index in [1.165, 1.54) is 0 Å². The molecule has 3 rings (SSSR count). The number of rotatable bonds is 5. The molecular weight excluding hydrogens is 288 g/mol. The molecule has 2 aromatic rings. The standard InChI is InChI=1S/C19H22N2O2/c22-19(21-14-12-20-13-15-21)11-10-16-6-4-5-9-18(16)23-17-7-2-1-3-8-17/h1-9,20H,10-15H2. The van der Waals surface area contributed by atoms with Gasteiger partial charge in [-0.3, -0.25) is 4.79 Å². The highest BCUT2D eigenvalue weighted by Crippen LogP contribution is 2.26. The third-order valence-corrected chi connectivity index (χ3v) is 4.02. The Kier molecular flexibility index (Phi) is 5.27. The molecule has 0 spiro atoms. The smallest absolute Gasteiger partial charge is 0.222 e. The number of carbonyl (C=O) groups excluding carboxylic acids is 1. The van der Waals surface area contributed by atoms with Crippen LogP contribution in [-0.2, 0) is 11.2 Å². The highest BCUT2D eigenvalue weighted by Gasteiger charge is 2.16. The van der Waals surface area contributed by atoms with Crippen molar-refractivity contribution in [1.82, 2.24) is 10.2 Å². The van der Waals surface area contributed by atoms with Crippen molar-refractivity contribution in [3.63, 3.8) is 0 Å². The summed E-state index contributed by atoms with van der Waals surface area (Å²) in [7, 11) is 0. The summed E-state index contributed by atoms with van der Waals surface area (Å²) in [6.07, 6.45) is 1.22. The van der Waals surface area contributed by atoms with Crippen molar-refractivity contribution < 1.29 is 9.53 Å². The zero-order chi connectivity index (χ0) is 15.9. The largest absolute Gasteiger partial charge is 0.457 e. The lowest BCUT2D eigenvalue weighted by Gasteiger charge is -2.27.